The molecule has 4 aromatic carbocycles. The molecule has 0 saturated carbocycles. The summed E-state index contributed by atoms with van der Waals surface area (Å²) < 4.78 is 66.8. The lowest BCUT2D eigenvalue weighted by Crippen LogP contribution is -2.60. The second-order valence-corrected chi connectivity index (χ2v) is 10.8. The van der Waals surface area contributed by atoms with Crippen molar-refractivity contribution < 1.29 is 21.6 Å². The molecule has 0 amide bonds. The minimum atomic E-state index is -4.54. The Morgan fingerprint density at radius 3 is 1.62 bits per heavy atom. The van der Waals surface area contributed by atoms with Gasteiger partial charge in [-0.3, -0.25) is 4.99 Å². The molecular weight excluding hydrogens is 497 g/mol. The Labute approximate surface area is 213 Å². The van der Waals surface area contributed by atoms with Crippen LogP contribution in [0.2, 0.25) is 0 Å². The number of aliphatic imine (C=N–C) groups is 1. The van der Waals surface area contributed by atoms with Gasteiger partial charge in [0.1, 0.15) is 5.54 Å². The van der Waals surface area contributed by atoms with Gasteiger partial charge in [0.05, 0.1) is 16.2 Å². The van der Waals surface area contributed by atoms with E-state index in [-0.39, 0.29) is 18.0 Å². The van der Waals surface area contributed by atoms with E-state index < -0.39 is 27.3 Å². The van der Waals surface area contributed by atoms with E-state index in [4.69, 9.17) is 4.99 Å². The molecule has 0 aliphatic carbocycles. The summed E-state index contributed by atoms with van der Waals surface area (Å²) in [6, 6.07) is 32.4. The van der Waals surface area contributed by atoms with E-state index in [0.717, 1.165) is 46.7 Å². The predicted molar refractivity (Wildman–Crippen MR) is 137 cm³/mol. The number of hydrogen-bond acceptors (Lipinski definition) is 3. The fourth-order valence-electron chi connectivity index (χ4n) is 4.44. The highest BCUT2D eigenvalue weighted by Crippen LogP contribution is 2.40. The number of alkyl halides is 3. The van der Waals surface area contributed by atoms with E-state index in [1.165, 1.54) is 4.31 Å². The molecular formula is C29H23F3N2O2S. The SMILES string of the molecule is O=S(=O)(c1ccc(C(F)(F)F)cc1)N1CC(N=C(c2ccccc2)c2ccccc2)(c2ccccc2)C1. The Morgan fingerprint density at radius 1 is 0.703 bits per heavy atom. The van der Waals surface area contributed by atoms with E-state index >= 15 is 0 Å². The molecule has 0 unspecified atom stereocenters. The Bertz CT molecular complexity index is 1460. The van der Waals surface area contributed by atoms with Crippen LogP contribution >= 0.6 is 0 Å². The fraction of sp³-hybridized carbons (Fsp3) is 0.138. The molecule has 0 bridgehead atoms. The van der Waals surface area contributed by atoms with Crippen LogP contribution in [0.5, 0.6) is 0 Å². The second kappa shape index (κ2) is 9.61. The summed E-state index contributed by atoms with van der Waals surface area (Å²) in [5, 5.41) is 0. The molecule has 1 saturated heterocycles. The molecule has 1 fully saturated rings. The molecule has 5 rings (SSSR count). The van der Waals surface area contributed by atoms with Gasteiger partial charge in [-0.05, 0) is 29.8 Å². The normalized spacial score (nSPS) is 15.5. The Kier molecular flexibility index (Phi) is 6.47. The topological polar surface area (TPSA) is 49.7 Å². The Balaban J connectivity index is 1.55. The molecule has 0 N–H and O–H groups in total. The van der Waals surface area contributed by atoms with E-state index in [1.54, 1.807) is 0 Å². The zero-order valence-corrected chi connectivity index (χ0v) is 20.5. The summed E-state index contributed by atoms with van der Waals surface area (Å²) in [5.74, 6) is 0. The number of sulfonamides is 1. The molecule has 8 heteroatoms. The highest BCUT2D eigenvalue weighted by atomic mass is 32.2. The molecule has 1 aliphatic rings. The highest BCUT2D eigenvalue weighted by molar-refractivity contribution is 7.89. The first-order chi connectivity index (χ1) is 17.7. The van der Waals surface area contributed by atoms with Crippen LogP contribution in [0.4, 0.5) is 13.2 Å². The van der Waals surface area contributed by atoms with E-state index in [1.807, 2.05) is 91.0 Å². The number of halogens is 3. The number of rotatable bonds is 6. The van der Waals surface area contributed by atoms with Crippen molar-refractivity contribution in [1.29, 1.82) is 0 Å². The van der Waals surface area contributed by atoms with Crippen LogP contribution in [-0.4, -0.2) is 31.5 Å². The van der Waals surface area contributed by atoms with Gasteiger partial charge in [0, 0.05) is 24.2 Å². The summed E-state index contributed by atoms with van der Waals surface area (Å²) in [4.78, 5) is 5.01. The molecule has 37 heavy (non-hydrogen) atoms. The smallest absolute Gasteiger partial charge is 0.270 e. The Morgan fingerprint density at radius 2 is 1.16 bits per heavy atom. The largest absolute Gasteiger partial charge is 0.416 e. The van der Waals surface area contributed by atoms with Gasteiger partial charge in [-0.25, -0.2) is 8.42 Å². The molecule has 188 valence electrons. The third kappa shape index (κ3) is 4.95. The standard InChI is InChI=1S/C29H23F3N2O2S/c30-29(31,32)25-16-18-26(19-17-25)37(35,36)34-20-28(21-34,24-14-8-3-9-15-24)33-27(22-10-4-1-5-11-22)23-12-6-2-7-13-23/h1-19H,20-21H2. The lowest BCUT2D eigenvalue weighted by atomic mass is 9.84. The van der Waals surface area contributed by atoms with Crippen LogP contribution in [-0.2, 0) is 21.7 Å². The van der Waals surface area contributed by atoms with Crippen molar-refractivity contribution in [2.45, 2.75) is 16.6 Å². The van der Waals surface area contributed by atoms with E-state index in [2.05, 4.69) is 0 Å². The molecule has 0 aromatic heterocycles. The second-order valence-electron chi connectivity index (χ2n) is 8.89. The summed E-state index contributed by atoms with van der Waals surface area (Å²) in [5.41, 5.74) is 1.63. The molecule has 4 nitrogen and oxygen atoms in total. The first-order valence-electron chi connectivity index (χ1n) is 11.6. The fourth-order valence-corrected chi connectivity index (χ4v) is 5.99. The van der Waals surface area contributed by atoms with Gasteiger partial charge in [-0.2, -0.15) is 17.5 Å². The van der Waals surface area contributed by atoms with Crippen LogP contribution in [0.15, 0.2) is 125 Å². The number of hydrogen-bond donors (Lipinski definition) is 0. The molecule has 0 radical (unpaired) electrons. The first-order valence-corrected chi connectivity index (χ1v) is 13.1. The van der Waals surface area contributed by atoms with Crippen LogP contribution < -0.4 is 0 Å². The van der Waals surface area contributed by atoms with Crippen molar-refractivity contribution in [2.75, 3.05) is 13.1 Å². The minimum absolute atomic E-state index is 0.0591. The van der Waals surface area contributed by atoms with Crippen molar-refractivity contribution in [3.8, 4) is 0 Å². The van der Waals surface area contributed by atoms with Crippen LogP contribution in [0.25, 0.3) is 0 Å². The molecule has 1 aliphatic heterocycles. The van der Waals surface area contributed by atoms with Gasteiger partial charge < -0.3 is 0 Å². The quantitative estimate of drug-likeness (QED) is 0.287. The van der Waals surface area contributed by atoms with Crippen molar-refractivity contribution in [1.82, 2.24) is 4.31 Å². The summed E-state index contributed by atoms with van der Waals surface area (Å²) >= 11 is 0. The van der Waals surface area contributed by atoms with Crippen molar-refractivity contribution in [3.63, 3.8) is 0 Å². The zero-order valence-electron chi connectivity index (χ0n) is 19.6. The third-order valence-electron chi connectivity index (χ3n) is 6.43. The highest BCUT2D eigenvalue weighted by Gasteiger charge is 2.50. The number of nitrogens with zero attached hydrogens (tertiary/aromatic N) is 2. The summed E-state index contributed by atoms with van der Waals surface area (Å²) in [7, 11) is -4.01. The minimum Gasteiger partial charge on any atom is -0.270 e. The maximum Gasteiger partial charge on any atom is 0.416 e. The van der Waals surface area contributed by atoms with E-state index in [9.17, 15) is 21.6 Å². The lowest BCUT2D eigenvalue weighted by Gasteiger charge is -2.47. The average Bonchev–Trinajstić information content (AvgIpc) is 2.89. The molecule has 0 spiro atoms. The Hall–Kier alpha value is -3.75. The van der Waals surface area contributed by atoms with E-state index in [0.29, 0.717) is 0 Å². The van der Waals surface area contributed by atoms with Gasteiger partial charge in [0.25, 0.3) is 0 Å². The van der Waals surface area contributed by atoms with Crippen molar-refractivity contribution in [3.05, 3.63) is 138 Å². The molecule has 0 atom stereocenters. The van der Waals surface area contributed by atoms with Gasteiger partial charge in [0.2, 0.25) is 10.0 Å². The van der Waals surface area contributed by atoms with Crippen LogP contribution in [0, 0.1) is 0 Å². The van der Waals surface area contributed by atoms with Gasteiger partial charge in [-0.1, -0.05) is 91.0 Å². The maximum atomic E-state index is 13.3. The number of benzene rings is 4. The lowest BCUT2D eigenvalue weighted by molar-refractivity contribution is -0.137. The monoisotopic (exact) mass is 520 g/mol. The van der Waals surface area contributed by atoms with Crippen LogP contribution in [0.1, 0.15) is 22.3 Å². The van der Waals surface area contributed by atoms with Gasteiger partial charge in [-0.15, -0.1) is 0 Å². The van der Waals surface area contributed by atoms with Crippen molar-refractivity contribution >= 4 is 15.7 Å². The van der Waals surface area contributed by atoms with Crippen LogP contribution in [0.3, 0.4) is 0 Å². The van der Waals surface area contributed by atoms with Crippen molar-refractivity contribution in [2.24, 2.45) is 4.99 Å². The first kappa shape index (κ1) is 24.9. The molecule has 1 heterocycles. The average molecular weight is 521 g/mol. The summed E-state index contributed by atoms with van der Waals surface area (Å²) in [6.45, 7) is 0.118. The van der Waals surface area contributed by atoms with Gasteiger partial charge >= 0.3 is 6.18 Å². The zero-order chi connectivity index (χ0) is 26.1. The third-order valence-corrected chi connectivity index (χ3v) is 8.23. The molecule has 4 aromatic rings. The van der Waals surface area contributed by atoms with Gasteiger partial charge in [0.15, 0.2) is 0 Å². The maximum absolute atomic E-state index is 13.3. The predicted octanol–water partition coefficient (Wildman–Crippen LogP) is 6.14. The summed E-state index contributed by atoms with van der Waals surface area (Å²) in [6.07, 6.45) is -4.54.